The summed E-state index contributed by atoms with van der Waals surface area (Å²) in [7, 11) is 1.92. The van der Waals surface area contributed by atoms with Crippen molar-refractivity contribution < 1.29 is 0 Å². The molecular formula is C15H19BrClN5. The van der Waals surface area contributed by atoms with Crippen LogP contribution in [0.5, 0.6) is 0 Å². The number of guanidine groups is 1. The molecule has 0 unspecified atom stereocenters. The Hall–Kier alpha value is -1.53. The van der Waals surface area contributed by atoms with Crippen LogP contribution < -0.4 is 10.6 Å². The highest BCUT2D eigenvalue weighted by molar-refractivity contribution is 9.10. The molecule has 0 atom stereocenters. The number of halogens is 2. The molecule has 0 saturated heterocycles. The van der Waals surface area contributed by atoms with Crippen LogP contribution in [0, 0.1) is 0 Å². The molecule has 7 heteroatoms. The number of nitrogens with one attached hydrogen (secondary N) is 2. The van der Waals surface area contributed by atoms with Gasteiger partial charge < -0.3 is 10.6 Å². The maximum Gasteiger partial charge on any atom is 0.191 e. The van der Waals surface area contributed by atoms with Crippen LogP contribution in [0.2, 0.25) is 5.02 Å². The lowest BCUT2D eigenvalue weighted by atomic mass is 10.2. The summed E-state index contributed by atoms with van der Waals surface area (Å²) in [5.41, 5.74) is 2.08. The van der Waals surface area contributed by atoms with Gasteiger partial charge in [-0.15, -0.1) is 0 Å². The molecule has 2 aromatic rings. The predicted octanol–water partition coefficient (Wildman–Crippen LogP) is 3.09. The summed E-state index contributed by atoms with van der Waals surface area (Å²) in [6.07, 6.45) is 1.78. The summed E-state index contributed by atoms with van der Waals surface area (Å²) >= 11 is 9.62. The third-order valence-corrected chi connectivity index (χ3v) is 3.97. The fourth-order valence-electron chi connectivity index (χ4n) is 1.90. The number of hydrogen-bond acceptors (Lipinski definition) is 2. The van der Waals surface area contributed by atoms with Gasteiger partial charge in [-0.25, -0.2) is 4.99 Å². The van der Waals surface area contributed by atoms with Gasteiger partial charge in [0.2, 0.25) is 0 Å². The van der Waals surface area contributed by atoms with Crippen molar-refractivity contribution in [3.63, 3.8) is 0 Å². The second-order valence-corrected chi connectivity index (χ2v) is 6.05. The Morgan fingerprint density at radius 2 is 2.18 bits per heavy atom. The van der Waals surface area contributed by atoms with Gasteiger partial charge in [0.15, 0.2) is 5.96 Å². The number of rotatable bonds is 5. The number of benzene rings is 1. The Balaban J connectivity index is 2.01. The minimum absolute atomic E-state index is 0.521. The number of hydrogen-bond donors (Lipinski definition) is 2. The molecule has 1 aromatic heterocycles. The van der Waals surface area contributed by atoms with E-state index in [1.807, 2.05) is 42.9 Å². The SMILES string of the molecule is CCNC(=NCc1ccc(Br)cc1Cl)NCc1ccnn1C. The fourth-order valence-corrected chi connectivity index (χ4v) is 2.64. The molecule has 2 rings (SSSR count). The summed E-state index contributed by atoms with van der Waals surface area (Å²) in [5.74, 6) is 0.752. The Bertz CT molecular complexity index is 653. The van der Waals surface area contributed by atoms with E-state index in [4.69, 9.17) is 11.6 Å². The Labute approximate surface area is 143 Å². The average molecular weight is 385 g/mol. The molecule has 0 amide bonds. The lowest BCUT2D eigenvalue weighted by molar-refractivity contribution is 0.685. The van der Waals surface area contributed by atoms with Crippen LogP contribution in [-0.4, -0.2) is 22.3 Å². The Kier molecular flexibility index (Phi) is 6.27. The zero-order valence-corrected chi connectivity index (χ0v) is 14.9. The van der Waals surface area contributed by atoms with Crippen LogP contribution in [0.15, 0.2) is 39.9 Å². The molecular weight excluding hydrogens is 366 g/mol. The van der Waals surface area contributed by atoms with Gasteiger partial charge in [0.1, 0.15) is 0 Å². The maximum atomic E-state index is 6.22. The van der Waals surface area contributed by atoms with E-state index in [2.05, 4.69) is 36.7 Å². The van der Waals surface area contributed by atoms with Crippen molar-refractivity contribution in [2.45, 2.75) is 20.0 Å². The van der Waals surface area contributed by atoms with E-state index in [0.29, 0.717) is 18.1 Å². The maximum absolute atomic E-state index is 6.22. The first-order valence-electron chi connectivity index (χ1n) is 7.03. The Morgan fingerprint density at radius 1 is 1.36 bits per heavy atom. The third kappa shape index (κ3) is 4.74. The van der Waals surface area contributed by atoms with Crippen molar-refractivity contribution in [1.82, 2.24) is 20.4 Å². The number of aliphatic imine (C=N–C) groups is 1. The highest BCUT2D eigenvalue weighted by atomic mass is 79.9. The van der Waals surface area contributed by atoms with E-state index >= 15 is 0 Å². The van der Waals surface area contributed by atoms with Gasteiger partial charge in [0, 0.05) is 29.3 Å². The van der Waals surface area contributed by atoms with Crippen LogP contribution in [0.3, 0.4) is 0 Å². The molecule has 5 nitrogen and oxygen atoms in total. The van der Waals surface area contributed by atoms with E-state index in [-0.39, 0.29) is 0 Å². The van der Waals surface area contributed by atoms with Gasteiger partial charge in [-0.2, -0.15) is 5.10 Å². The quantitative estimate of drug-likeness (QED) is 0.615. The summed E-state index contributed by atoms with van der Waals surface area (Å²) in [6.45, 7) is 4.02. The highest BCUT2D eigenvalue weighted by Crippen LogP contribution is 2.21. The highest BCUT2D eigenvalue weighted by Gasteiger charge is 2.03. The van der Waals surface area contributed by atoms with Crippen molar-refractivity contribution >= 4 is 33.5 Å². The molecule has 0 bridgehead atoms. The van der Waals surface area contributed by atoms with E-state index in [1.165, 1.54) is 0 Å². The molecule has 22 heavy (non-hydrogen) atoms. The zero-order chi connectivity index (χ0) is 15.9. The second kappa shape index (κ2) is 8.19. The van der Waals surface area contributed by atoms with Crippen LogP contribution in [0.4, 0.5) is 0 Å². The van der Waals surface area contributed by atoms with Gasteiger partial charge >= 0.3 is 0 Å². The van der Waals surface area contributed by atoms with E-state index in [9.17, 15) is 0 Å². The lowest BCUT2D eigenvalue weighted by Gasteiger charge is -2.11. The number of aryl methyl sites for hydroxylation is 1. The fraction of sp³-hybridized carbons (Fsp3) is 0.333. The zero-order valence-electron chi connectivity index (χ0n) is 12.6. The molecule has 2 N–H and O–H groups in total. The first-order chi connectivity index (χ1) is 10.6. The summed E-state index contributed by atoms with van der Waals surface area (Å²) in [6, 6.07) is 7.79. The number of nitrogens with zero attached hydrogens (tertiary/aromatic N) is 3. The lowest BCUT2D eigenvalue weighted by Crippen LogP contribution is -2.37. The van der Waals surface area contributed by atoms with Crippen molar-refractivity contribution in [2.75, 3.05) is 6.54 Å². The Morgan fingerprint density at radius 3 is 2.82 bits per heavy atom. The van der Waals surface area contributed by atoms with Crippen molar-refractivity contribution in [3.05, 3.63) is 51.2 Å². The van der Waals surface area contributed by atoms with Crippen molar-refractivity contribution in [1.29, 1.82) is 0 Å². The molecule has 0 radical (unpaired) electrons. The smallest absolute Gasteiger partial charge is 0.191 e. The van der Waals surface area contributed by atoms with Crippen LogP contribution >= 0.6 is 27.5 Å². The second-order valence-electron chi connectivity index (χ2n) is 4.73. The van der Waals surface area contributed by atoms with E-state index in [0.717, 1.165) is 28.2 Å². The molecule has 0 fully saturated rings. The minimum Gasteiger partial charge on any atom is -0.357 e. The molecule has 0 saturated carbocycles. The van der Waals surface area contributed by atoms with Gasteiger partial charge in [-0.1, -0.05) is 33.6 Å². The standard InChI is InChI=1S/C15H19BrClN5/c1-3-18-15(20-10-13-6-7-21-22(13)2)19-9-11-4-5-12(16)8-14(11)17/h4-8H,3,9-10H2,1-2H3,(H2,18,19,20). The minimum atomic E-state index is 0.521. The van der Waals surface area contributed by atoms with Crippen molar-refractivity contribution in [2.24, 2.45) is 12.0 Å². The average Bonchev–Trinajstić information content (AvgIpc) is 2.89. The monoisotopic (exact) mass is 383 g/mol. The summed E-state index contributed by atoms with van der Waals surface area (Å²) in [4.78, 5) is 4.57. The third-order valence-electron chi connectivity index (χ3n) is 3.13. The van der Waals surface area contributed by atoms with Gasteiger partial charge in [-0.3, -0.25) is 4.68 Å². The van der Waals surface area contributed by atoms with Gasteiger partial charge in [0.25, 0.3) is 0 Å². The largest absolute Gasteiger partial charge is 0.357 e. The molecule has 1 aromatic carbocycles. The molecule has 0 aliphatic rings. The van der Waals surface area contributed by atoms with E-state index in [1.54, 1.807) is 6.20 Å². The summed E-state index contributed by atoms with van der Waals surface area (Å²) < 4.78 is 2.80. The number of aromatic nitrogens is 2. The summed E-state index contributed by atoms with van der Waals surface area (Å²) in [5, 5.41) is 11.4. The van der Waals surface area contributed by atoms with Gasteiger partial charge in [0.05, 0.1) is 18.8 Å². The first-order valence-corrected chi connectivity index (χ1v) is 8.20. The molecule has 1 heterocycles. The normalized spacial score (nSPS) is 11.5. The topological polar surface area (TPSA) is 54.2 Å². The van der Waals surface area contributed by atoms with Crippen LogP contribution in [0.25, 0.3) is 0 Å². The molecule has 118 valence electrons. The van der Waals surface area contributed by atoms with E-state index < -0.39 is 0 Å². The van der Waals surface area contributed by atoms with Gasteiger partial charge in [-0.05, 0) is 30.7 Å². The van der Waals surface area contributed by atoms with Crippen LogP contribution in [0.1, 0.15) is 18.2 Å². The molecule has 0 aliphatic carbocycles. The predicted molar refractivity (Wildman–Crippen MR) is 94.0 cm³/mol. The first kappa shape index (κ1) is 16.8. The van der Waals surface area contributed by atoms with Crippen LogP contribution in [-0.2, 0) is 20.1 Å². The van der Waals surface area contributed by atoms with Crippen molar-refractivity contribution in [3.8, 4) is 0 Å². The molecule has 0 aliphatic heterocycles. The molecule has 0 spiro atoms.